The quantitative estimate of drug-likeness (QED) is 0.795. The van der Waals surface area contributed by atoms with E-state index in [1.54, 1.807) is 6.07 Å². The fourth-order valence-corrected chi connectivity index (χ4v) is 2.05. The smallest absolute Gasteiger partial charge is 0.159 e. The normalized spacial score (nSPS) is 30.4. The minimum Gasteiger partial charge on any atom is -0.370 e. The molecular formula is C12H15F2NO. The van der Waals surface area contributed by atoms with Crippen molar-refractivity contribution in [2.75, 3.05) is 6.61 Å². The molecule has 2 unspecified atom stereocenters. The van der Waals surface area contributed by atoms with Gasteiger partial charge in [-0.15, -0.1) is 0 Å². The largest absolute Gasteiger partial charge is 0.370 e. The van der Waals surface area contributed by atoms with Gasteiger partial charge in [0.15, 0.2) is 11.6 Å². The maximum absolute atomic E-state index is 13.1. The predicted octanol–water partition coefficient (Wildman–Crippen LogP) is 2.40. The van der Waals surface area contributed by atoms with Crippen molar-refractivity contribution in [1.29, 1.82) is 0 Å². The summed E-state index contributed by atoms with van der Waals surface area (Å²) in [6, 6.07) is 4.29. The maximum atomic E-state index is 13.1. The minimum atomic E-state index is -0.827. The van der Waals surface area contributed by atoms with Crippen molar-refractivity contribution >= 4 is 0 Å². The van der Waals surface area contributed by atoms with E-state index in [1.165, 1.54) is 6.07 Å². The molecule has 1 fully saturated rings. The van der Waals surface area contributed by atoms with Crippen LogP contribution in [0.4, 0.5) is 8.78 Å². The minimum absolute atomic E-state index is 0.0913. The molecule has 0 saturated carbocycles. The van der Waals surface area contributed by atoms with E-state index in [0.29, 0.717) is 12.2 Å². The molecule has 0 aliphatic carbocycles. The Morgan fingerprint density at radius 3 is 2.62 bits per heavy atom. The number of benzene rings is 1. The number of morpholine rings is 1. The van der Waals surface area contributed by atoms with Crippen LogP contribution >= 0.6 is 0 Å². The molecule has 3 atom stereocenters. The van der Waals surface area contributed by atoms with Crippen LogP contribution in [0.5, 0.6) is 0 Å². The molecule has 16 heavy (non-hydrogen) atoms. The first kappa shape index (κ1) is 11.5. The summed E-state index contributed by atoms with van der Waals surface area (Å²) in [6.07, 6.45) is -0.216. The van der Waals surface area contributed by atoms with Crippen molar-refractivity contribution < 1.29 is 13.5 Å². The first-order valence-electron chi connectivity index (χ1n) is 5.40. The lowest BCUT2D eigenvalue weighted by atomic mass is 10.0. The van der Waals surface area contributed by atoms with E-state index in [-0.39, 0.29) is 18.2 Å². The molecule has 0 radical (unpaired) electrons. The molecule has 2 rings (SSSR count). The Morgan fingerprint density at radius 2 is 2.00 bits per heavy atom. The Labute approximate surface area is 93.6 Å². The topological polar surface area (TPSA) is 21.3 Å². The monoisotopic (exact) mass is 227 g/mol. The molecule has 1 aromatic rings. The zero-order chi connectivity index (χ0) is 11.7. The first-order chi connectivity index (χ1) is 7.58. The zero-order valence-corrected chi connectivity index (χ0v) is 9.34. The third-order valence-corrected chi connectivity index (χ3v) is 2.80. The Morgan fingerprint density at radius 1 is 1.25 bits per heavy atom. The van der Waals surface area contributed by atoms with Crippen molar-refractivity contribution in [2.45, 2.75) is 32.0 Å². The zero-order valence-electron chi connectivity index (χ0n) is 9.34. The van der Waals surface area contributed by atoms with Crippen molar-refractivity contribution in [3.05, 3.63) is 35.4 Å². The molecule has 0 spiro atoms. The number of nitrogens with one attached hydrogen (secondary N) is 1. The third-order valence-electron chi connectivity index (χ3n) is 2.80. The summed E-state index contributed by atoms with van der Waals surface area (Å²) in [6.45, 7) is 4.58. The van der Waals surface area contributed by atoms with Crippen LogP contribution < -0.4 is 5.32 Å². The molecule has 4 heteroatoms. The summed E-state index contributed by atoms with van der Waals surface area (Å²) in [7, 11) is 0. The van der Waals surface area contributed by atoms with Crippen LogP contribution in [0, 0.1) is 11.6 Å². The van der Waals surface area contributed by atoms with Gasteiger partial charge in [0.1, 0.15) is 0 Å². The van der Waals surface area contributed by atoms with Crippen LogP contribution in [0.15, 0.2) is 18.2 Å². The van der Waals surface area contributed by atoms with Crippen LogP contribution in [0.2, 0.25) is 0 Å². The van der Waals surface area contributed by atoms with Crippen LogP contribution in [-0.4, -0.2) is 18.7 Å². The van der Waals surface area contributed by atoms with Gasteiger partial charge in [0.25, 0.3) is 0 Å². The van der Waals surface area contributed by atoms with Crippen LogP contribution in [0.25, 0.3) is 0 Å². The molecule has 1 aromatic carbocycles. The fourth-order valence-electron chi connectivity index (χ4n) is 2.05. The SMILES string of the molecule is CC1N[C@@H](C)COC1c1ccc(F)c(F)c1. The molecular weight excluding hydrogens is 212 g/mol. The average Bonchev–Trinajstić information content (AvgIpc) is 2.22. The second-order valence-electron chi connectivity index (χ2n) is 4.28. The summed E-state index contributed by atoms with van der Waals surface area (Å²) in [5.41, 5.74) is 0.672. The second-order valence-corrected chi connectivity index (χ2v) is 4.28. The van der Waals surface area contributed by atoms with E-state index in [0.717, 1.165) is 6.07 Å². The third kappa shape index (κ3) is 2.23. The molecule has 1 heterocycles. The molecule has 2 nitrogen and oxygen atoms in total. The van der Waals surface area contributed by atoms with E-state index in [2.05, 4.69) is 5.32 Å². The molecule has 88 valence electrons. The lowest BCUT2D eigenvalue weighted by molar-refractivity contribution is -0.0208. The highest BCUT2D eigenvalue weighted by Gasteiger charge is 2.27. The van der Waals surface area contributed by atoms with Gasteiger partial charge < -0.3 is 10.1 Å². The first-order valence-corrected chi connectivity index (χ1v) is 5.40. The van der Waals surface area contributed by atoms with Crippen LogP contribution in [0.3, 0.4) is 0 Å². The van der Waals surface area contributed by atoms with Crippen molar-refractivity contribution in [3.8, 4) is 0 Å². The number of halogens is 2. The van der Waals surface area contributed by atoms with E-state index < -0.39 is 11.6 Å². The molecule has 1 aliphatic rings. The van der Waals surface area contributed by atoms with Crippen LogP contribution in [0.1, 0.15) is 25.5 Å². The van der Waals surface area contributed by atoms with E-state index >= 15 is 0 Å². The summed E-state index contributed by atoms with van der Waals surface area (Å²) >= 11 is 0. The van der Waals surface area contributed by atoms with Gasteiger partial charge in [-0.3, -0.25) is 0 Å². The lowest BCUT2D eigenvalue weighted by Gasteiger charge is -2.34. The number of rotatable bonds is 1. The van der Waals surface area contributed by atoms with Gasteiger partial charge in [-0.2, -0.15) is 0 Å². The standard InChI is InChI=1S/C12H15F2NO/c1-7-6-16-12(8(2)15-7)9-3-4-10(13)11(14)5-9/h3-5,7-8,12,15H,6H2,1-2H3/t7-,8?,12?/m0/s1. The summed E-state index contributed by atoms with van der Waals surface area (Å²) in [4.78, 5) is 0. The number of hydrogen-bond donors (Lipinski definition) is 1. The molecule has 1 aliphatic heterocycles. The highest BCUT2D eigenvalue weighted by molar-refractivity contribution is 5.22. The fraction of sp³-hybridized carbons (Fsp3) is 0.500. The van der Waals surface area contributed by atoms with Gasteiger partial charge in [0, 0.05) is 12.1 Å². The second kappa shape index (κ2) is 4.47. The van der Waals surface area contributed by atoms with E-state index in [1.807, 2.05) is 13.8 Å². The molecule has 0 bridgehead atoms. The highest BCUT2D eigenvalue weighted by Crippen LogP contribution is 2.26. The van der Waals surface area contributed by atoms with Crippen LogP contribution in [-0.2, 0) is 4.74 Å². The number of hydrogen-bond acceptors (Lipinski definition) is 2. The molecule has 0 amide bonds. The Kier molecular flexibility index (Phi) is 3.21. The van der Waals surface area contributed by atoms with Gasteiger partial charge in [-0.05, 0) is 31.5 Å². The Hall–Kier alpha value is -1.00. The predicted molar refractivity (Wildman–Crippen MR) is 57.1 cm³/mol. The van der Waals surface area contributed by atoms with Crippen molar-refractivity contribution in [2.24, 2.45) is 0 Å². The summed E-state index contributed by atoms with van der Waals surface area (Å²) < 4.78 is 31.5. The summed E-state index contributed by atoms with van der Waals surface area (Å²) in [5, 5.41) is 3.32. The summed E-state index contributed by atoms with van der Waals surface area (Å²) in [5.74, 6) is -1.65. The average molecular weight is 227 g/mol. The van der Waals surface area contributed by atoms with Gasteiger partial charge in [0.05, 0.1) is 12.7 Å². The molecule has 1 N–H and O–H groups in total. The molecule has 0 aromatic heterocycles. The van der Waals surface area contributed by atoms with Crippen molar-refractivity contribution in [3.63, 3.8) is 0 Å². The van der Waals surface area contributed by atoms with Gasteiger partial charge >= 0.3 is 0 Å². The molecule has 1 saturated heterocycles. The maximum Gasteiger partial charge on any atom is 0.159 e. The van der Waals surface area contributed by atoms with E-state index in [4.69, 9.17) is 4.74 Å². The van der Waals surface area contributed by atoms with Crippen molar-refractivity contribution in [1.82, 2.24) is 5.32 Å². The van der Waals surface area contributed by atoms with Gasteiger partial charge in [-0.25, -0.2) is 8.78 Å². The van der Waals surface area contributed by atoms with Gasteiger partial charge in [0.2, 0.25) is 0 Å². The lowest BCUT2D eigenvalue weighted by Crippen LogP contribution is -2.47. The van der Waals surface area contributed by atoms with Gasteiger partial charge in [-0.1, -0.05) is 6.07 Å². The Bertz CT molecular complexity index is 383. The van der Waals surface area contributed by atoms with E-state index in [9.17, 15) is 8.78 Å². The Balaban J connectivity index is 2.20. The highest BCUT2D eigenvalue weighted by atomic mass is 19.2. The number of ether oxygens (including phenoxy) is 1.